The number of benzene rings is 2. The maximum absolute atomic E-state index is 14.2. The normalized spacial score (nSPS) is 12.3. The minimum atomic E-state index is -0.514. The molecule has 0 fully saturated rings. The zero-order chi connectivity index (χ0) is 20.3. The van der Waals surface area contributed by atoms with Gasteiger partial charge in [-0.15, -0.1) is 0 Å². The van der Waals surface area contributed by atoms with Crippen molar-refractivity contribution in [2.75, 3.05) is 18.6 Å². The van der Waals surface area contributed by atoms with Crippen LogP contribution < -0.4 is 5.32 Å². The Balaban J connectivity index is 1.94. The minimum absolute atomic E-state index is 0.139. The van der Waals surface area contributed by atoms with Crippen LogP contribution in [0.3, 0.4) is 0 Å². The molecule has 0 aliphatic heterocycles. The van der Waals surface area contributed by atoms with E-state index in [2.05, 4.69) is 15.3 Å². The fraction of sp³-hybridized carbons (Fsp3) is 0.263. The van der Waals surface area contributed by atoms with Crippen molar-refractivity contribution in [3.63, 3.8) is 0 Å². The number of H-pyrrole nitrogens is 1. The number of aliphatic hydroxyl groups is 1. The van der Waals surface area contributed by atoms with E-state index in [1.807, 2.05) is 6.26 Å². The molecule has 9 heteroatoms. The van der Waals surface area contributed by atoms with Gasteiger partial charge in [0.25, 0.3) is 5.91 Å². The van der Waals surface area contributed by atoms with Crippen molar-refractivity contribution >= 4 is 51.9 Å². The van der Waals surface area contributed by atoms with Crippen LogP contribution in [0.2, 0.25) is 10.0 Å². The third-order valence-corrected chi connectivity index (χ3v) is 5.47. The van der Waals surface area contributed by atoms with Gasteiger partial charge in [-0.1, -0.05) is 29.3 Å². The van der Waals surface area contributed by atoms with Crippen LogP contribution in [0.25, 0.3) is 22.4 Å². The molecule has 0 saturated carbocycles. The number of carbonyl (C=O) groups is 1. The molecule has 0 aliphatic carbocycles. The molecule has 0 spiro atoms. The van der Waals surface area contributed by atoms with E-state index in [0.717, 1.165) is 5.75 Å². The number of thioether (sulfide) groups is 1. The lowest BCUT2D eigenvalue weighted by molar-refractivity contribution is 0.0915. The van der Waals surface area contributed by atoms with Gasteiger partial charge in [-0.3, -0.25) is 4.79 Å². The maximum Gasteiger partial charge on any atom is 0.251 e. The molecule has 5 nitrogen and oxygen atoms in total. The van der Waals surface area contributed by atoms with E-state index in [-0.39, 0.29) is 40.0 Å². The summed E-state index contributed by atoms with van der Waals surface area (Å²) in [7, 11) is 0. The molecular formula is C19H18Cl2FN3O2S. The van der Waals surface area contributed by atoms with Crippen molar-refractivity contribution in [2.24, 2.45) is 0 Å². The highest BCUT2D eigenvalue weighted by molar-refractivity contribution is 7.98. The van der Waals surface area contributed by atoms with Gasteiger partial charge in [0.2, 0.25) is 0 Å². The number of aromatic amines is 1. The van der Waals surface area contributed by atoms with Crippen LogP contribution in [-0.4, -0.2) is 45.6 Å². The number of aromatic nitrogens is 2. The number of aliphatic hydroxyl groups excluding tert-OH is 1. The highest BCUT2D eigenvalue weighted by atomic mass is 35.5. The smallest absolute Gasteiger partial charge is 0.251 e. The SMILES string of the molecule is CSCCC(CO)NC(=O)c1cc(Cl)c2nc(-c3c(F)cccc3Cl)[nH]c2c1. The minimum Gasteiger partial charge on any atom is -0.394 e. The Labute approximate surface area is 175 Å². The number of halogens is 3. The van der Waals surface area contributed by atoms with Crippen molar-refractivity contribution in [3.05, 3.63) is 51.8 Å². The number of imidazole rings is 1. The fourth-order valence-electron chi connectivity index (χ4n) is 2.79. The molecule has 3 N–H and O–H groups in total. The first kappa shape index (κ1) is 20.9. The second-order valence-corrected chi connectivity index (χ2v) is 7.97. The van der Waals surface area contributed by atoms with E-state index in [0.29, 0.717) is 23.0 Å². The van der Waals surface area contributed by atoms with Crippen molar-refractivity contribution in [3.8, 4) is 11.4 Å². The Bertz CT molecular complexity index is 992. The van der Waals surface area contributed by atoms with E-state index in [1.165, 1.54) is 18.2 Å². The molecule has 1 amide bonds. The molecule has 3 aromatic rings. The summed E-state index contributed by atoms with van der Waals surface area (Å²) in [6.07, 6.45) is 2.61. The zero-order valence-corrected chi connectivity index (χ0v) is 17.3. The maximum atomic E-state index is 14.2. The van der Waals surface area contributed by atoms with Crippen LogP contribution in [0.4, 0.5) is 4.39 Å². The van der Waals surface area contributed by atoms with Crippen molar-refractivity contribution in [1.29, 1.82) is 0 Å². The Hall–Kier alpha value is -1.80. The predicted octanol–water partition coefficient (Wildman–Crippen LogP) is 4.52. The van der Waals surface area contributed by atoms with Gasteiger partial charge in [0.15, 0.2) is 0 Å². The fourth-order valence-corrected chi connectivity index (χ4v) is 3.82. The lowest BCUT2D eigenvalue weighted by Crippen LogP contribution is -2.37. The molecule has 0 bridgehead atoms. The van der Waals surface area contributed by atoms with E-state index >= 15 is 0 Å². The van der Waals surface area contributed by atoms with Gasteiger partial charge < -0.3 is 15.4 Å². The predicted molar refractivity (Wildman–Crippen MR) is 113 cm³/mol. The summed E-state index contributed by atoms with van der Waals surface area (Å²) in [6.45, 7) is -0.151. The van der Waals surface area contributed by atoms with Gasteiger partial charge >= 0.3 is 0 Å². The zero-order valence-electron chi connectivity index (χ0n) is 14.9. The number of hydrogen-bond acceptors (Lipinski definition) is 4. The van der Waals surface area contributed by atoms with Crippen LogP contribution in [0.15, 0.2) is 30.3 Å². The number of hydrogen-bond donors (Lipinski definition) is 3. The van der Waals surface area contributed by atoms with Crippen molar-refractivity contribution < 1.29 is 14.3 Å². The molecule has 1 unspecified atom stereocenters. The molecule has 0 aliphatic rings. The molecule has 1 aromatic heterocycles. The number of nitrogens with zero attached hydrogens (tertiary/aromatic N) is 1. The average molecular weight is 442 g/mol. The highest BCUT2D eigenvalue weighted by Gasteiger charge is 2.18. The highest BCUT2D eigenvalue weighted by Crippen LogP contribution is 2.32. The van der Waals surface area contributed by atoms with Gasteiger partial charge in [-0.25, -0.2) is 9.37 Å². The Morgan fingerprint density at radius 3 is 2.82 bits per heavy atom. The average Bonchev–Trinajstić information content (AvgIpc) is 3.09. The molecular weight excluding hydrogens is 424 g/mol. The van der Waals surface area contributed by atoms with Crippen LogP contribution in [0.1, 0.15) is 16.8 Å². The second-order valence-electron chi connectivity index (χ2n) is 6.17. The lowest BCUT2D eigenvalue weighted by atomic mass is 10.1. The Morgan fingerprint density at radius 2 is 2.14 bits per heavy atom. The monoisotopic (exact) mass is 441 g/mol. The molecule has 2 aromatic carbocycles. The first-order chi connectivity index (χ1) is 13.4. The lowest BCUT2D eigenvalue weighted by Gasteiger charge is -2.15. The summed E-state index contributed by atoms with van der Waals surface area (Å²) in [4.78, 5) is 19.9. The Kier molecular flexibility index (Phi) is 6.82. The first-order valence-corrected chi connectivity index (χ1v) is 10.6. The largest absolute Gasteiger partial charge is 0.394 e. The molecule has 1 heterocycles. The van der Waals surface area contributed by atoms with E-state index in [9.17, 15) is 14.3 Å². The number of rotatable bonds is 7. The summed E-state index contributed by atoms with van der Waals surface area (Å²) in [5, 5.41) is 12.7. The summed E-state index contributed by atoms with van der Waals surface area (Å²) in [5.41, 5.74) is 1.35. The summed E-state index contributed by atoms with van der Waals surface area (Å²) in [5.74, 6) is 0.175. The van der Waals surface area contributed by atoms with Gasteiger partial charge in [0, 0.05) is 5.56 Å². The van der Waals surface area contributed by atoms with E-state index in [4.69, 9.17) is 23.2 Å². The van der Waals surface area contributed by atoms with Crippen LogP contribution in [0.5, 0.6) is 0 Å². The summed E-state index contributed by atoms with van der Waals surface area (Å²) < 4.78 is 14.2. The van der Waals surface area contributed by atoms with E-state index in [1.54, 1.807) is 23.9 Å². The van der Waals surface area contributed by atoms with Crippen LogP contribution >= 0.6 is 35.0 Å². The van der Waals surface area contributed by atoms with Crippen molar-refractivity contribution in [1.82, 2.24) is 15.3 Å². The molecule has 1 atom stereocenters. The third kappa shape index (κ3) is 4.43. The van der Waals surface area contributed by atoms with Gasteiger partial charge in [-0.05, 0) is 42.7 Å². The first-order valence-electron chi connectivity index (χ1n) is 8.49. The van der Waals surface area contributed by atoms with Gasteiger partial charge in [0.1, 0.15) is 17.2 Å². The van der Waals surface area contributed by atoms with Gasteiger partial charge in [-0.2, -0.15) is 11.8 Å². The van der Waals surface area contributed by atoms with E-state index < -0.39 is 5.82 Å². The number of fused-ring (bicyclic) bond motifs is 1. The third-order valence-electron chi connectivity index (χ3n) is 4.23. The second kappa shape index (κ2) is 9.13. The Morgan fingerprint density at radius 1 is 1.36 bits per heavy atom. The molecule has 0 saturated heterocycles. The number of amides is 1. The van der Waals surface area contributed by atoms with Gasteiger partial charge in [0.05, 0.1) is 33.8 Å². The van der Waals surface area contributed by atoms with Crippen molar-refractivity contribution in [2.45, 2.75) is 12.5 Å². The van der Waals surface area contributed by atoms with Crippen LogP contribution in [-0.2, 0) is 0 Å². The molecule has 148 valence electrons. The topological polar surface area (TPSA) is 78.0 Å². The summed E-state index contributed by atoms with van der Waals surface area (Å²) >= 11 is 14.0. The quantitative estimate of drug-likeness (QED) is 0.503. The molecule has 3 rings (SSSR count). The van der Waals surface area contributed by atoms with Crippen LogP contribution in [0, 0.1) is 5.82 Å². The molecule has 28 heavy (non-hydrogen) atoms. The standard InChI is InChI=1S/C19H18Cl2FN3O2S/c1-28-6-5-11(9-26)23-19(27)10-7-13(21)17-15(8-10)24-18(25-17)16-12(20)3-2-4-14(16)22/h2-4,7-8,11,26H,5-6,9H2,1H3,(H,23,27)(H,24,25). The number of nitrogens with one attached hydrogen (secondary N) is 2. The number of carbonyl (C=O) groups excluding carboxylic acids is 1. The summed E-state index contributed by atoms with van der Waals surface area (Å²) in [6, 6.07) is 7.11. The molecule has 0 radical (unpaired) electrons.